The quantitative estimate of drug-likeness (QED) is 0.377. The van der Waals surface area contributed by atoms with Crippen molar-refractivity contribution in [3.05, 3.63) is 70.3 Å². The van der Waals surface area contributed by atoms with Crippen molar-refractivity contribution in [2.75, 3.05) is 64.4 Å². The van der Waals surface area contributed by atoms with Gasteiger partial charge in [0.05, 0.1) is 31.4 Å². The summed E-state index contributed by atoms with van der Waals surface area (Å²) in [5, 5.41) is 22.8. The van der Waals surface area contributed by atoms with Gasteiger partial charge in [0.2, 0.25) is 5.91 Å². The molecule has 0 radical (unpaired) electrons. The zero-order valence-corrected chi connectivity index (χ0v) is 30.1. The molecule has 1 saturated heterocycles. The lowest BCUT2D eigenvalue weighted by Crippen LogP contribution is -2.50. The van der Waals surface area contributed by atoms with E-state index >= 15 is 0 Å². The highest BCUT2D eigenvalue weighted by molar-refractivity contribution is 6.30. The van der Waals surface area contributed by atoms with Crippen molar-refractivity contribution in [1.29, 1.82) is 0 Å². The number of fused-ring (bicyclic) bond motifs is 4. The summed E-state index contributed by atoms with van der Waals surface area (Å²) in [7, 11) is 1.66. The summed E-state index contributed by atoms with van der Waals surface area (Å²) in [6, 6.07) is 11.4. The second-order valence-corrected chi connectivity index (χ2v) is 15.8. The summed E-state index contributed by atoms with van der Waals surface area (Å²) >= 11 is 6.47. The molecule has 2 N–H and O–H groups in total. The average molecular weight is 706 g/mol. The number of benzene rings is 2. The molecule has 1 spiro atoms. The third-order valence-corrected chi connectivity index (χ3v) is 12.4. The first-order valence-electron chi connectivity index (χ1n) is 18.7. The van der Waals surface area contributed by atoms with Gasteiger partial charge < -0.3 is 34.4 Å². The summed E-state index contributed by atoms with van der Waals surface area (Å²) in [5.41, 5.74) is 0.784. The highest BCUT2D eigenvalue weighted by Crippen LogP contribution is 2.48. The van der Waals surface area contributed by atoms with Crippen LogP contribution in [0.3, 0.4) is 0 Å². The van der Waals surface area contributed by atoms with Gasteiger partial charge in [0, 0.05) is 43.7 Å². The third-order valence-electron chi connectivity index (χ3n) is 12.2. The third kappa shape index (κ3) is 7.16. The molecule has 5 aliphatic rings. The number of likely N-dealkylation sites (tertiary alicyclic amines) is 1. The minimum atomic E-state index is -2.39. The maximum absolute atomic E-state index is 13.4. The molecule has 2 aromatic rings. The van der Waals surface area contributed by atoms with Crippen LogP contribution >= 0.6 is 11.6 Å². The molecule has 3 heterocycles. The average Bonchev–Trinajstić information content (AvgIpc) is 3.24. The van der Waals surface area contributed by atoms with E-state index in [9.17, 15) is 19.8 Å². The first-order chi connectivity index (χ1) is 24.1. The van der Waals surface area contributed by atoms with Crippen LogP contribution in [-0.4, -0.2) is 97.5 Å². The van der Waals surface area contributed by atoms with Crippen molar-refractivity contribution in [1.82, 2.24) is 9.80 Å². The van der Waals surface area contributed by atoms with Gasteiger partial charge in [-0.2, -0.15) is 0 Å². The van der Waals surface area contributed by atoms with Crippen LogP contribution in [-0.2, 0) is 31.8 Å². The lowest BCUT2D eigenvalue weighted by atomic mass is 9.68. The normalized spacial score (nSPS) is 31.2. The Morgan fingerprint density at radius 3 is 2.70 bits per heavy atom. The van der Waals surface area contributed by atoms with Crippen molar-refractivity contribution in [2.24, 2.45) is 11.8 Å². The van der Waals surface area contributed by atoms with Crippen LogP contribution < -0.4 is 9.64 Å². The van der Waals surface area contributed by atoms with E-state index in [0.29, 0.717) is 50.3 Å². The molecule has 9 nitrogen and oxygen atoms in total. The van der Waals surface area contributed by atoms with Crippen LogP contribution in [0.2, 0.25) is 5.02 Å². The van der Waals surface area contributed by atoms with E-state index in [-0.39, 0.29) is 17.1 Å². The van der Waals surface area contributed by atoms with Gasteiger partial charge in [-0.15, -0.1) is 0 Å². The summed E-state index contributed by atoms with van der Waals surface area (Å²) in [4.78, 5) is 32.5. The summed E-state index contributed by atoms with van der Waals surface area (Å²) in [5.74, 6) is -0.521. The van der Waals surface area contributed by atoms with Crippen molar-refractivity contribution in [3.63, 3.8) is 0 Å². The molecule has 1 amide bonds. The second kappa shape index (κ2) is 14.9. The van der Waals surface area contributed by atoms with E-state index in [4.69, 9.17) is 21.1 Å². The number of nitrogens with zero attached hydrogens (tertiary/aromatic N) is 3. The Morgan fingerprint density at radius 1 is 1.08 bits per heavy atom. The first kappa shape index (κ1) is 35.3. The smallest absolute Gasteiger partial charge is 0.340 e. The molecule has 3 aliphatic heterocycles. The zero-order valence-electron chi connectivity index (χ0n) is 29.3. The van der Waals surface area contributed by atoms with E-state index in [1.165, 1.54) is 35.3 Å². The number of rotatable bonds is 5. The number of carboxylic acids is 1. The van der Waals surface area contributed by atoms with Gasteiger partial charge in [-0.3, -0.25) is 4.79 Å². The minimum Gasteiger partial charge on any atom is -0.490 e. The number of aliphatic carboxylic acids is 1. The zero-order chi connectivity index (χ0) is 34.9. The van der Waals surface area contributed by atoms with E-state index in [1.54, 1.807) is 25.2 Å². The standard InChI is InChI=1S/C40H52ClN3O6/c1-42-17-6-3-9-35(49-21-20-43-18-4-2-5-19-43)32-13-10-29(32)25-44-26-39(16-7-8-28-22-31(41)12-14-33(28)39)27-50-36-15-11-30(23-34(36)44)40(48,38(46)47)24-37(42)45/h3,9,11-12,14-15,22-23,29,32,35,48H,2,4-8,10,13,16-21,24-27H2,1H3,(H,46,47)/b9-3-/t29-,32+,35-,39-,40+/m0/s1. The highest BCUT2D eigenvalue weighted by atomic mass is 35.5. The Labute approximate surface area is 301 Å². The summed E-state index contributed by atoms with van der Waals surface area (Å²) in [6.45, 7) is 6.25. The second-order valence-electron chi connectivity index (χ2n) is 15.4. The molecule has 270 valence electrons. The van der Waals surface area contributed by atoms with Gasteiger partial charge in [0.15, 0.2) is 5.60 Å². The summed E-state index contributed by atoms with van der Waals surface area (Å²) in [6.07, 6.45) is 13.3. The Bertz CT molecular complexity index is 1590. The predicted molar refractivity (Wildman–Crippen MR) is 194 cm³/mol. The molecule has 10 heteroatoms. The van der Waals surface area contributed by atoms with Crippen LogP contribution in [0, 0.1) is 11.8 Å². The molecule has 50 heavy (non-hydrogen) atoms. The fraction of sp³-hybridized carbons (Fsp3) is 0.600. The van der Waals surface area contributed by atoms with Gasteiger partial charge in [0.25, 0.3) is 0 Å². The molecule has 1 saturated carbocycles. The number of hydrogen-bond donors (Lipinski definition) is 2. The molecule has 2 aromatic carbocycles. The van der Waals surface area contributed by atoms with Crippen molar-refractivity contribution in [3.8, 4) is 5.75 Å². The van der Waals surface area contributed by atoms with Gasteiger partial charge in [-0.1, -0.05) is 42.3 Å². The number of carbonyl (C=O) groups excluding carboxylic acids is 1. The Kier molecular flexibility index (Phi) is 10.5. The van der Waals surface area contributed by atoms with E-state index in [0.717, 1.165) is 69.0 Å². The predicted octanol–water partition coefficient (Wildman–Crippen LogP) is 5.79. The Morgan fingerprint density at radius 2 is 1.92 bits per heavy atom. The number of halogens is 1. The van der Waals surface area contributed by atoms with Crippen LogP contribution in [0.5, 0.6) is 5.75 Å². The molecule has 2 bridgehead atoms. The van der Waals surface area contributed by atoms with E-state index < -0.39 is 23.9 Å². The van der Waals surface area contributed by atoms with Crippen LogP contribution in [0.4, 0.5) is 5.69 Å². The fourth-order valence-electron chi connectivity index (χ4n) is 9.01. The van der Waals surface area contributed by atoms with Gasteiger partial charge in [-0.05, 0) is 117 Å². The number of amides is 1. The molecule has 0 unspecified atom stereocenters. The first-order valence-corrected chi connectivity index (χ1v) is 19.0. The molecule has 0 aromatic heterocycles. The highest BCUT2D eigenvalue weighted by Gasteiger charge is 2.46. The molecule has 2 fully saturated rings. The van der Waals surface area contributed by atoms with E-state index in [1.807, 2.05) is 6.07 Å². The number of aryl methyl sites for hydroxylation is 1. The van der Waals surface area contributed by atoms with Crippen LogP contribution in [0.1, 0.15) is 74.5 Å². The molecule has 5 atom stereocenters. The fourth-order valence-corrected chi connectivity index (χ4v) is 9.20. The number of carbonyl (C=O) groups is 2. The van der Waals surface area contributed by atoms with Crippen LogP contribution in [0.25, 0.3) is 0 Å². The van der Waals surface area contributed by atoms with Crippen LogP contribution in [0.15, 0.2) is 48.6 Å². The number of hydrogen-bond acceptors (Lipinski definition) is 7. The monoisotopic (exact) mass is 705 g/mol. The number of aliphatic hydroxyl groups is 1. The lowest BCUT2D eigenvalue weighted by Gasteiger charge is -2.46. The van der Waals surface area contributed by atoms with Crippen molar-refractivity contribution >= 4 is 29.2 Å². The summed E-state index contributed by atoms with van der Waals surface area (Å²) < 4.78 is 13.4. The largest absolute Gasteiger partial charge is 0.490 e. The van der Waals surface area contributed by atoms with Gasteiger partial charge in [0.1, 0.15) is 5.75 Å². The Hall–Kier alpha value is -3.11. The van der Waals surface area contributed by atoms with Crippen molar-refractivity contribution < 1.29 is 29.3 Å². The van der Waals surface area contributed by atoms with E-state index in [2.05, 4.69) is 34.1 Å². The molecule has 7 rings (SSSR count). The molecular weight excluding hydrogens is 654 g/mol. The topological polar surface area (TPSA) is 103 Å². The number of anilines is 1. The molecule has 2 aliphatic carbocycles. The Balaban J connectivity index is 1.25. The van der Waals surface area contributed by atoms with Gasteiger partial charge >= 0.3 is 5.97 Å². The SMILES string of the molecule is CN1CC/C=C\[C@H](OCCN2CCCCC2)[C@@H]2CC[C@H]2CN2C[C@@]3(CCCc4cc(Cl)ccc43)COc3ccc(cc32)[C@@](O)(C(=O)O)CC1=O. The lowest BCUT2D eigenvalue weighted by molar-refractivity contribution is -0.164. The minimum absolute atomic E-state index is 0.0231. The number of carboxylic acid groups (broad SMARTS) is 1. The number of piperidine rings is 1. The maximum Gasteiger partial charge on any atom is 0.340 e. The maximum atomic E-state index is 13.4. The molecular formula is C40H52ClN3O6. The van der Waals surface area contributed by atoms with Gasteiger partial charge in [-0.25, -0.2) is 4.79 Å². The van der Waals surface area contributed by atoms with Crippen molar-refractivity contribution in [2.45, 2.75) is 81.3 Å². The number of ether oxygens (including phenoxy) is 2.